The van der Waals surface area contributed by atoms with E-state index in [0.29, 0.717) is 40.5 Å². The van der Waals surface area contributed by atoms with E-state index in [9.17, 15) is 14.4 Å². The van der Waals surface area contributed by atoms with Gasteiger partial charge in [0.05, 0.1) is 39.7 Å². The summed E-state index contributed by atoms with van der Waals surface area (Å²) in [6, 6.07) is 19.5. The van der Waals surface area contributed by atoms with Crippen molar-refractivity contribution in [2.24, 2.45) is 0 Å². The minimum atomic E-state index is -0.606. The number of hydrogen-bond acceptors (Lipinski definition) is 6. The molecule has 0 aromatic heterocycles. The van der Waals surface area contributed by atoms with Gasteiger partial charge >= 0.3 is 5.97 Å². The van der Waals surface area contributed by atoms with Crippen molar-refractivity contribution < 1.29 is 28.6 Å². The van der Waals surface area contributed by atoms with Crippen LogP contribution in [0.15, 0.2) is 66.7 Å². The molecule has 1 aliphatic rings. The first kappa shape index (κ1) is 25.8. The zero-order valence-electron chi connectivity index (χ0n) is 21.2. The molecule has 1 N–H and O–H groups in total. The van der Waals surface area contributed by atoms with Crippen LogP contribution in [-0.4, -0.2) is 43.5 Å². The molecular formula is C29H30N2O6. The Labute approximate surface area is 216 Å². The van der Waals surface area contributed by atoms with E-state index < -0.39 is 12.0 Å². The largest absolute Gasteiger partial charge is 0.493 e. The second-order valence-electron chi connectivity index (χ2n) is 8.61. The molecule has 1 atom stereocenters. The highest BCUT2D eigenvalue weighted by Gasteiger charge is 2.36. The summed E-state index contributed by atoms with van der Waals surface area (Å²) in [5.41, 5.74) is 3.39. The highest BCUT2D eigenvalue weighted by atomic mass is 16.5. The second kappa shape index (κ2) is 11.6. The molecule has 0 spiro atoms. The molecule has 37 heavy (non-hydrogen) atoms. The van der Waals surface area contributed by atoms with Gasteiger partial charge in [0, 0.05) is 23.4 Å². The third-order valence-electron chi connectivity index (χ3n) is 6.31. The average Bonchev–Trinajstić information content (AvgIpc) is 3.25. The van der Waals surface area contributed by atoms with E-state index in [1.165, 1.54) is 7.11 Å². The molecule has 8 nitrogen and oxygen atoms in total. The maximum Gasteiger partial charge on any atom is 0.307 e. The molecule has 8 heteroatoms. The van der Waals surface area contributed by atoms with Crippen LogP contribution in [0.2, 0.25) is 0 Å². The number of carbonyl (C=O) groups excluding carboxylic acids is 3. The van der Waals surface area contributed by atoms with Gasteiger partial charge in [0.25, 0.3) is 5.91 Å². The normalized spacial score (nSPS) is 13.1. The zero-order valence-corrected chi connectivity index (χ0v) is 21.2. The van der Waals surface area contributed by atoms with Crippen molar-refractivity contribution in [3.63, 3.8) is 0 Å². The molecule has 0 saturated carbocycles. The predicted octanol–water partition coefficient (Wildman–Crippen LogP) is 4.54. The number of carbonyl (C=O) groups is 3. The molecule has 0 bridgehead atoms. The molecule has 0 fully saturated rings. The molecule has 192 valence electrons. The van der Waals surface area contributed by atoms with Crippen LogP contribution in [0.1, 0.15) is 46.4 Å². The highest BCUT2D eigenvalue weighted by Crippen LogP contribution is 2.39. The molecule has 3 aromatic carbocycles. The van der Waals surface area contributed by atoms with Crippen LogP contribution in [-0.2, 0) is 27.3 Å². The molecule has 1 aliphatic heterocycles. The van der Waals surface area contributed by atoms with E-state index in [2.05, 4.69) is 5.32 Å². The van der Waals surface area contributed by atoms with Gasteiger partial charge in [-0.3, -0.25) is 14.4 Å². The average molecular weight is 503 g/mol. The van der Waals surface area contributed by atoms with E-state index in [0.717, 1.165) is 5.56 Å². The lowest BCUT2D eigenvalue weighted by Gasteiger charge is -2.28. The van der Waals surface area contributed by atoms with Crippen molar-refractivity contribution in [3.05, 3.63) is 89.0 Å². The lowest BCUT2D eigenvalue weighted by atomic mass is 10.0. The summed E-state index contributed by atoms with van der Waals surface area (Å²) in [7, 11) is 2.87. The maximum absolute atomic E-state index is 13.5. The van der Waals surface area contributed by atoms with E-state index >= 15 is 0 Å². The number of fused-ring (bicyclic) bond motifs is 1. The van der Waals surface area contributed by atoms with Crippen LogP contribution >= 0.6 is 0 Å². The van der Waals surface area contributed by atoms with Crippen molar-refractivity contribution in [2.45, 2.75) is 32.4 Å². The Hall–Kier alpha value is -4.33. The van der Waals surface area contributed by atoms with Crippen molar-refractivity contribution >= 4 is 23.5 Å². The summed E-state index contributed by atoms with van der Waals surface area (Å²) in [5.74, 6) is 0.237. The van der Waals surface area contributed by atoms with Gasteiger partial charge in [0.15, 0.2) is 11.5 Å². The second-order valence-corrected chi connectivity index (χ2v) is 8.61. The van der Waals surface area contributed by atoms with E-state index in [1.807, 2.05) is 43.3 Å². The monoisotopic (exact) mass is 502 g/mol. The summed E-state index contributed by atoms with van der Waals surface area (Å²) in [6.07, 6.45) is 0.184. The zero-order chi connectivity index (χ0) is 26.4. The number of rotatable bonds is 10. The quantitative estimate of drug-likeness (QED) is 0.409. The lowest BCUT2D eigenvalue weighted by Crippen LogP contribution is -2.31. The molecule has 3 aromatic rings. The van der Waals surface area contributed by atoms with Crippen LogP contribution < -0.4 is 14.8 Å². The van der Waals surface area contributed by atoms with Crippen LogP contribution in [0.25, 0.3) is 0 Å². The molecular weight excluding hydrogens is 472 g/mol. The number of esters is 1. The predicted molar refractivity (Wildman–Crippen MR) is 139 cm³/mol. The molecule has 1 heterocycles. The summed E-state index contributed by atoms with van der Waals surface area (Å²) in [5, 5.41) is 2.96. The van der Waals surface area contributed by atoms with Gasteiger partial charge in [-0.15, -0.1) is 0 Å². The Bertz CT molecular complexity index is 1290. The number of benzene rings is 3. The Morgan fingerprint density at radius 3 is 2.49 bits per heavy atom. The fraction of sp³-hybridized carbons (Fsp3) is 0.276. The van der Waals surface area contributed by atoms with Gasteiger partial charge in [-0.25, -0.2) is 0 Å². The molecule has 0 radical (unpaired) electrons. The van der Waals surface area contributed by atoms with Crippen molar-refractivity contribution in [3.8, 4) is 11.5 Å². The van der Waals surface area contributed by atoms with E-state index in [4.69, 9.17) is 14.2 Å². The van der Waals surface area contributed by atoms with Crippen LogP contribution in [0.3, 0.4) is 0 Å². The minimum absolute atomic E-state index is 0.0379. The summed E-state index contributed by atoms with van der Waals surface area (Å²) >= 11 is 0. The number of nitrogens with one attached hydrogen (secondary N) is 1. The first-order valence-corrected chi connectivity index (χ1v) is 12.1. The van der Waals surface area contributed by atoms with Gasteiger partial charge in [-0.2, -0.15) is 0 Å². The van der Waals surface area contributed by atoms with Crippen molar-refractivity contribution in [1.82, 2.24) is 4.90 Å². The lowest BCUT2D eigenvalue weighted by molar-refractivity contribution is -0.141. The van der Waals surface area contributed by atoms with Crippen LogP contribution in [0, 0.1) is 0 Å². The SMILES string of the molecule is CCOc1cc(C(CC(=O)OC)N2Cc3c(NC(=O)Cc4ccccc4)cccc3C2=O)ccc1OC. The standard InChI is InChI=1S/C29H30N2O6/c1-4-37-26-16-20(13-14-25(26)35-2)24(17-28(33)36-3)31-18-22-21(29(31)34)11-8-12-23(22)30-27(32)15-19-9-6-5-7-10-19/h5-14,16,24H,4,15,17-18H2,1-3H3,(H,30,32). The number of hydrogen-bond donors (Lipinski definition) is 1. The first-order valence-electron chi connectivity index (χ1n) is 12.1. The minimum Gasteiger partial charge on any atom is -0.493 e. The topological polar surface area (TPSA) is 94.2 Å². The molecule has 4 rings (SSSR count). The van der Waals surface area contributed by atoms with Gasteiger partial charge in [0.1, 0.15) is 0 Å². The Morgan fingerprint density at radius 2 is 1.78 bits per heavy atom. The summed E-state index contributed by atoms with van der Waals surface area (Å²) < 4.78 is 16.1. The first-order chi connectivity index (χ1) is 17.9. The number of anilines is 1. The fourth-order valence-electron chi connectivity index (χ4n) is 4.52. The van der Waals surface area contributed by atoms with E-state index in [-0.39, 0.29) is 31.2 Å². The number of amides is 2. The van der Waals surface area contributed by atoms with E-state index in [1.54, 1.807) is 42.3 Å². The number of methoxy groups -OCH3 is 2. The van der Waals surface area contributed by atoms with Gasteiger partial charge in [-0.05, 0) is 42.3 Å². The Kier molecular flexibility index (Phi) is 8.08. The molecule has 0 saturated heterocycles. The van der Waals surface area contributed by atoms with Crippen LogP contribution in [0.5, 0.6) is 11.5 Å². The third kappa shape index (κ3) is 5.74. The molecule has 0 aliphatic carbocycles. The summed E-state index contributed by atoms with van der Waals surface area (Å²) in [6.45, 7) is 2.53. The number of nitrogens with zero attached hydrogens (tertiary/aromatic N) is 1. The molecule has 2 amide bonds. The Balaban J connectivity index is 1.63. The highest BCUT2D eigenvalue weighted by molar-refractivity contribution is 6.02. The van der Waals surface area contributed by atoms with Crippen LogP contribution in [0.4, 0.5) is 5.69 Å². The third-order valence-corrected chi connectivity index (χ3v) is 6.31. The van der Waals surface area contributed by atoms with Crippen molar-refractivity contribution in [1.29, 1.82) is 0 Å². The summed E-state index contributed by atoms with van der Waals surface area (Å²) in [4.78, 5) is 40.3. The van der Waals surface area contributed by atoms with Gasteiger partial charge in [0.2, 0.25) is 5.91 Å². The fourth-order valence-corrected chi connectivity index (χ4v) is 4.52. The van der Waals surface area contributed by atoms with Crippen molar-refractivity contribution in [2.75, 3.05) is 26.1 Å². The Morgan fingerprint density at radius 1 is 1.00 bits per heavy atom. The molecule has 1 unspecified atom stereocenters. The maximum atomic E-state index is 13.5. The van der Waals surface area contributed by atoms with Gasteiger partial charge in [-0.1, -0.05) is 42.5 Å². The smallest absolute Gasteiger partial charge is 0.307 e. The van der Waals surface area contributed by atoms with Gasteiger partial charge < -0.3 is 24.4 Å². The number of ether oxygens (including phenoxy) is 3.